The number of fused-ring (bicyclic) bond motifs is 1. The summed E-state index contributed by atoms with van der Waals surface area (Å²) in [4.78, 5) is 33.8. The molecule has 0 saturated heterocycles. The third-order valence-corrected chi connectivity index (χ3v) is 8.84. The Kier molecular flexibility index (Phi) is 10.8. The second-order valence-electron chi connectivity index (χ2n) is 10.5. The Hall–Kier alpha value is -2.67. The minimum Gasteiger partial charge on any atom is -0.465 e. The monoisotopic (exact) mass is 575 g/mol. The summed E-state index contributed by atoms with van der Waals surface area (Å²) in [6.07, 6.45) is 0.797. The molecule has 0 radical (unpaired) electrons. The van der Waals surface area contributed by atoms with Gasteiger partial charge in [-0.2, -0.15) is 5.10 Å². The summed E-state index contributed by atoms with van der Waals surface area (Å²) in [5.41, 5.74) is 2.96. The third kappa shape index (κ3) is 7.50. The molecular formula is C27H41N5O5SSi. The number of esters is 1. The first-order chi connectivity index (χ1) is 18.5. The fourth-order valence-electron chi connectivity index (χ4n) is 4.20. The molecule has 3 aromatic rings. The number of benzene rings is 1. The predicted molar refractivity (Wildman–Crippen MR) is 158 cm³/mol. The van der Waals surface area contributed by atoms with E-state index in [2.05, 4.69) is 31.7 Å². The number of rotatable bonds is 14. The number of anilines is 1. The zero-order valence-electron chi connectivity index (χ0n) is 24.1. The van der Waals surface area contributed by atoms with Crippen molar-refractivity contribution in [2.45, 2.75) is 70.9 Å². The molecule has 0 saturated carbocycles. The van der Waals surface area contributed by atoms with Gasteiger partial charge in [0.05, 0.1) is 36.0 Å². The molecular weight excluding hydrogens is 534 g/mol. The van der Waals surface area contributed by atoms with Crippen LogP contribution in [0.15, 0.2) is 23.1 Å². The van der Waals surface area contributed by atoms with E-state index in [0.29, 0.717) is 48.2 Å². The summed E-state index contributed by atoms with van der Waals surface area (Å²) in [6, 6.07) is 6.20. The first kappa shape index (κ1) is 30.9. The van der Waals surface area contributed by atoms with Crippen LogP contribution in [0, 0.1) is 6.92 Å². The number of ether oxygens (including phenoxy) is 2. The molecule has 0 bridgehead atoms. The number of aliphatic hydroxyl groups is 1. The van der Waals surface area contributed by atoms with Gasteiger partial charge < -0.3 is 19.1 Å². The highest BCUT2D eigenvalue weighted by molar-refractivity contribution is 7.99. The van der Waals surface area contributed by atoms with Crippen molar-refractivity contribution in [1.82, 2.24) is 19.3 Å². The molecule has 2 heterocycles. The van der Waals surface area contributed by atoms with Crippen LogP contribution in [-0.2, 0) is 22.6 Å². The van der Waals surface area contributed by atoms with Crippen LogP contribution in [0.1, 0.15) is 46.8 Å². The number of hydrogen-bond donors (Lipinski definition) is 1. The van der Waals surface area contributed by atoms with E-state index in [4.69, 9.17) is 14.5 Å². The maximum atomic E-state index is 14.1. The highest BCUT2D eigenvalue weighted by atomic mass is 32.2. The minimum atomic E-state index is -1.33. The van der Waals surface area contributed by atoms with Gasteiger partial charge in [-0.15, -0.1) is 11.8 Å². The molecule has 0 fully saturated rings. The van der Waals surface area contributed by atoms with Crippen molar-refractivity contribution >= 4 is 48.7 Å². The average Bonchev–Trinajstić information content (AvgIpc) is 3.46. The summed E-state index contributed by atoms with van der Waals surface area (Å²) in [5, 5.41) is 14.0. The number of methoxy groups -OCH3 is 1. The zero-order valence-corrected chi connectivity index (χ0v) is 25.9. The van der Waals surface area contributed by atoms with E-state index in [-0.39, 0.29) is 19.2 Å². The lowest BCUT2D eigenvalue weighted by atomic mass is 10.2. The molecule has 39 heavy (non-hydrogen) atoms. The molecule has 12 heteroatoms. The van der Waals surface area contributed by atoms with Gasteiger partial charge in [-0.05, 0) is 44.5 Å². The van der Waals surface area contributed by atoms with Crippen molar-refractivity contribution in [3.05, 3.63) is 35.2 Å². The van der Waals surface area contributed by atoms with Gasteiger partial charge in [0, 0.05) is 38.4 Å². The Balaban J connectivity index is 2.19. The molecule has 0 aliphatic heterocycles. The molecule has 0 unspecified atom stereocenters. The smallest absolute Gasteiger partial charge is 0.337 e. The van der Waals surface area contributed by atoms with E-state index in [0.717, 1.165) is 28.6 Å². The molecule has 1 amide bonds. The third-order valence-electron chi connectivity index (χ3n) is 6.13. The van der Waals surface area contributed by atoms with Crippen molar-refractivity contribution in [2.75, 3.05) is 37.7 Å². The van der Waals surface area contributed by atoms with E-state index in [9.17, 15) is 14.7 Å². The number of thioether (sulfide) groups is 1. The second kappa shape index (κ2) is 13.6. The fourth-order valence-corrected chi connectivity index (χ4v) is 5.83. The lowest BCUT2D eigenvalue weighted by Gasteiger charge is -2.24. The van der Waals surface area contributed by atoms with Gasteiger partial charge in [0.2, 0.25) is 5.95 Å². The van der Waals surface area contributed by atoms with Gasteiger partial charge >= 0.3 is 5.97 Å². The summed E-state index contributed by atoms with van der Waals surface area (Å²) in [6.45, 7) is 14.4. The predicted octanol–water partition coefficient (Wildman–Crippen LogP) is 4.80. The number of carbonyl (C=O) groups is 2. The van der Waals surface area contributed by atoms with Crippen molar-refractivity contribution in [1.29, 1.82) is 0 Å². The maximum Gasteiger partial charge on any atom is 0.337 e. The highest BCUT2D eigenvalue weighted by Gasteiger charge is 2.29. The number of aromatic nitrogens is 4. The van der Waals surface area contributed by atoms with Gasteiger partial charge in [0.1, 0.15) is 12.4 Å². The number of hydrogen-bond acceptors (Lipinski definition) is 8. The normalized spacial score (nSPS) is 11.8. The van der Waals surface area contributed by atoms with Crippen LogP contribution in [0.25, 0.3) is 11.0 Å². The first-order valence-corrected chi connectivity index (χ1v) is 18.0. The Bertz CT molecular complexity index is 1300. The standard InChI is InChI=1S/C27H41N5O5SSi/c1-8-10-30-24-21(16-20(26(35)36-4)17-23(24)38-13-11-33)28-27(30)31(18-37-12-14-39(5,6)7)25(34)22-15-19(3)29-32(22)9-2/h15-17,33H,8-14,18H2,1-7H3. The molecule has 0 atom stereocenters. The summed E-state index contributed by atoms with van der Waals surface area (Å²) >= 11 is 1.43. The van der Waals surface area contributed by atoms with Crippen molar-refractivity contribution in [2.24, 2.45) is 0 Å². The van der Waals surface area contributed by atoms with Crippen LogP contribution in [0.2, 0.25) is 25.7 Å². The Morgan fingerprint density at radius 1 is 1.18 bits per heavy atom. The van der Waals surface area contributed by atoms with E-state index < -0.39 is 14.0 Å². The Labute approximate surface area is 235 Å². The number of imidazole rings is 1. The number of amides is 1. The van der Waals surface area contributed by atoms with Gasteiger partial charge in [-0.25, -0.2) is 9.78 Å². The molecule has 0 spiro atoms. The summed E-state index contributed by atoms with van der Waals surface area (Å²) < 4.78 is 14.8. The number of nitrogens with zero attached hydrogens (tertiary/aromatic N) is 5. The topological polar surface area (TPSA) is 112 Å². The van der Waals surface area contributed by atoms with Crippen molar-refractivity contribution in [3.63, 3.8) is 0 Å². The van der Waals surface area contributed by atoms with Crippen molar-refractivity contribution < 1.29 is 24.2 Å². The Morgan fingerprint density at radius 2 is 1.92 bits per heavy atom. The van der Waals surface area contributed by atoms with E-state index in [1.54, 1.807) is 27.8 Å². The van der Waals surface area contributed by atoms with Crippen LogP contribution in [0.5, 0.6) is 0 Å². The van der Waals surface area contributed by atoms with Gasteiger partial charge in [-0.1, -0.05) is 26.6 Å². The molecule has 0 aliphatic carbocycles. The molecule has 1 aromatic carbocycles. The van der Waals surface area contributed by atoms with Crippen LogP contribution in [-0.4, -0.2) is 77.2 Å². The molecule has 10 nitrogen and oxygen atoms in total. The average molecular weight is 576 g/mol. The zero-order chi connectivity index (χ0) is 28.7. The van der Waals surface area contributed by atoms with Gasteiger partial charge in [-0.3, -0.25) is 14.4 Å². The Morgan fingerprint density at radius 3 is 2.54 bits per heavy atom. The molecule has 0 aliphatic rings. The lowest BCUT2D eigenvalue weighted by molar-refractivity contribution is 0.0600. The number of aryl methyl sites for hydroxylation is 3. The molecule has 2 aromatic heterocycles. The largest absolute Gasteiger partial charge is 0.465 e. The van der Waals surface area contributed by atoms with Crippen LogP contribution < -0.4 is 4.90 Å². The fraction of sp³-hybridized carbons (Fsp3) is 0.556. The van der Waals surface area contributed by atoms with Crippen LogP contribution >= 0.6 is 11.8 Å². The summed E-state index contributed by atoms with van der Waals surface area (Å²) in [5.74, 6) is 0.165. The number of aliphatic hydroxyl groups excluding tert-OH is 1. The van der Waals surface area contributed by atoms with E-state index >= 15 is 0 Å². The first-order valence-electron chi connectivity index (χ1n) is 13.3. The second-order valence-corrected chi connectivity index (χ2v) is 17.3. The highest BCUT2D eigenvalue weighted by Crippen LogP contribution is 2.34. The van der Waals surface area contributed by atoms with Crippen LogP contribution in [0.4, 0.5) is 5.95 Å². The summed E-state index contributed by atoms with van der Waals surface area (Å²) in [7, 11) is 0.00604. The van der Waals surface area contributed by atoms with E-state index in [1.165, 1.54) is 18.9 Å². The SMILES string of the molecule is CCCn1c(N(COCC[Si](C)(C)C)C(=O)c2cc(C)nn2CC)nc2cc(C(=O)OC)cc(SCCO)c21. The minimum absolute atomic E-state index is 0.0146. The van der Waals surface area contributed by atoms with E-state index in [1.807, 2.05) is 18.4 Å². The molecule has 214 valence electrons. The van der Waals surface area contributed by atoms with Gasteiger partial charge in [0.25, 0.3) is 5.91 Å². The lowest BCUT2D eigenvalue weighted by Crippen LogP contribution is -2.37. The quantitative estimate of drug-likeness (QED) is 0.0959. The maximum absolute atomic E-state index is 14.1. The number of carbonyl (C=O) groups excluding carboxylic acids is 2. The van der Waals surface area contributed by atoms with Crippen molar-refractivity contribution in [3.8, 4) is 0 Å². The molecule has 3 rings (SSSR count). The molecule has 1 N–H and O–H groups in total. The van der Waals surface area contributed by atoms with Crippen LogP contribution in [0.3, 0.4) is 0 Å². The van der Waals surface area contributed by atoms with Gasteiger partial charge in [0.15, 0.2) is 0 Å².